The number of thiazole rings is 1. The average molecular weight is 540 g/mol. The molecule has 4 heterocycles. The van der Waals surface area contributed by atoms with E-state index in [0.29, 0.717) is 17.0 Å². The van der Waals surface area contributed by atoms with Crippen LogP contribution in [0.25, 0.3) is 10.9 Å². The third-order valence-corrected chi connectivity index (χ3v) is 8.02. The Labute approximate surface area is 218 Å². The molecule has 3 aromatic rings. The van der Waals surface area contributed by atoms with Crippen LogP contribution >= 0.6 is 23.1 Å². The molecule has 37 heavy (non-hydrogen) atoms. The predicted molar refractivity (Wildman–Crippen MR) is 136 cm³/mol. The number of oxime groups is 1. The third kappa shape index (κ3) is 4.34. The van der Waals surface area contributed by atoms with E-state index in [4.69, 9.17) is 16.3 Å². The van der Waals surface area contributed by atoms with Gasteiger partial charge in [0.05, 0.1) is 22.7 Å². The number of aromatic nitrogens is 2. The molecule has 1 unspecified atom stereocenters. The van der Waals surface area contributed by atoms with Crippen LogP contribution in [0.1, 0.15) is 5.69 Å². The molecule has 0 aliphatic carbocycles. The largest absolute Gasteiger partial charge is 0.543 e. The number of pyridine rings is 1. The fraction of sp³-hybridized carbons (Fsp3) is 0.217. The number of carboxylic acids is 1. The molecule has 0 bridgehead atoms. The van der Waals surface area contributed by atoms with Crippen LogP contribution in [0.15, 0.2) is 58.3 Å². The van der Waals surface area contributed by atoms with Crippen molar-refractivity contribution in [2.75, 3.05) is 24.3 Å². The zero-order valence-electron chi connectivity index (χ0n) is 19.4. The predicted octanol–water partition coefficient (Wildman–Crippen LogP) is -0.797. The molecule has 0 spiro atoms. The second-order valence-electron chi connectivity index (χ2n) is 8.21. The Morgan fingerprint density at radius 3 is 2.81 bits per heavy atom. The molecule has 1 aromatic carbocycles. The number of hydrogen-bond donors (Lipinski definition) is 3. The van der Waals surface area contributed by atoms with Crippen LogP contribution in [0.5, 0.6) is 0 Å². The summed E-state index contributed by atoms with van der Waals surface area (Å²) in [6, 6.07) is 8.29. The van der Waals surface area contributed by atoms with Gasteiger partial charge < -0.3 is 31.5 Å². The van der Waals surface area contributed by atoms with Gasteiger partial charge in [-0.25, -0.2) is 4.98 Å². The molecule has 5 rings (SSSR count). The number of carbonyl (C=O) groups is 3. The average Bonchev–Trinajstić information content (AvgIpc) is 3.32. The molecular weight excluding hydrogens is 518 g/mol. The van der Waals surface area contributed by atoms with Gasteiger partial charge >= 0.3 is 0 Å². The molecule has 12 nitrogen and oxygen atoms in total. The van der Waals surface area contributed by atoms with Crippen molar-refractivity contribution < 1.29 is 28.9 Å². The maximum atomic E-state index is 13.1. The minimum absolute atomic E-state index is 0.148. The lowest BCUT2D eigenvalue weighted by Gasteiger charge is -2.50. The molecule has 2 atom stereocenters. The van der Waals surface area contributed by atoms with Crippen molar-refractivity contribution in [3.63, 3.8) is 0 Å². The number of carboxylic acid groups (broad SMARTS) is 1. The quantitative estimate of drug-likeness (QED) is 0.150. The Morgan fingerprint density at radius 2 is 2.11 bits per heavy atom. The van der Waals surface area contributed by atoms with E-state index in [9.17, 15) is 19.5 Å². The Bertz CT molecular complexity index is 1500. The normalized spacial score (nSPS) is 19.4. The summed E-state index contributed by atoms with van der Waals surface area (Å²) in [6.07, 6.45) is 1.77. The number of thioether (sulfide) groups is 1. The van der Waals surface area contributed by atoms with Crippen molar-refractivity contribution in [3.05, 3.63) is 58.9 Å². The Kier molecular flexibility index (Phi) is 6.43. The lowest BCUT2D eigenvalue weighted by atomic mass is 10.0. The number of nitrogens with zero attached hydrogens (tertiary/aromatic N) is 4. The molecule has 0 radical (unpaired) electrons. The highest BCUT2D eigenvalue weighted by Crippen LogP contribution is 2.40. The number of benzene rings is 1. The molecule has 14 heteroatoms. The smallest absolute Gasteiger partial charge is 0.276 e. The van der Waals surface area contributed by atoms with Gasteiger partial charge in [-0.3, -0.25) is 14.5 Å². The number of nitrogens with one attached hydrogen (secondary N) is 1. The van der Waals surface area contributed by atoms with Crippen LogP contribution < -0.4 is 26.5 Å². The SMILES string of the molecule is CON=C(C(=O)NC1C(=O)N2C(C(=O)[O-])=C(C[n+]3ccc(N)c4ccccc43)CS[C@H]12)c1csc(N)n1. The Balaban J connectivity index is 1.39. The number of fused-ring (bicyclic) bond motifs is 2. The number of anilines is 2. The summed E-state index contributed by atoms with van der Waals surface area (Å²) < 4.78 is 1.88. The molecule has 2 aliphatic rings. The Hall–Kier alpha value is -4.17. The number of aliphatic carboxylic acids is 1. The van der Waals surface area contributed by atoms with Crippen LogP contribution in [-0.2, 0) is 25.8 Å². The van der Waals surface area contributed by atoms with Gasteiger partial charge in [0.15, 0.2) is 23.6 Å². The van der Waals surface area contributed by atoms with Gasteiger partial charge in [0.1, 0.15) is 24.2 Å². The second kappa shape index (κ2) is 9.71. The van der Waals surface area contributed by atoms with Gasteiger partial charge in [0, 0.05) is 28.8 Å². The van der Waals surface area contributed by atoms with Crippen LogP contribution in [-0.4, -0.2) is 57.7 Å². The first-order valence-corrected chi connectivity index (χ1v) is 12.9. The first-order valence-electron chi connectivity index (χ1n) is 11.0. The van der Waals surface area contributed by atoms with E-state index < -0.39 is 29.2 Å². The number of nitrogens with two attached hydrogens (primary N) is 2. The second-order valence-corrected chi connectivity index (χ2v) is 10.2. The summed E-state index contributed by atoms with van der Waals surface area (Å²) in [5, 5.41) is 20.5. The van der Waals surface area contributed by atoms with Crippen molar-refractivity contribution in [2.45, 2.75) is 18.0 Å². The maximum Gasteiger partial charge on any atom is 0.276 e. The van der Waals surface area contributed by atoms with Crippen LogP contribution in [0.2, 0.25) is 0 Å². The fourth-order valence-electron chi connectivity index (χ4n) is 4.35. The third-order valence-electron chi connectivity index (χ3n) is 6.01. The molecule has 1 saturated heterocycles. The number of para-hydroxylation sites is 1. The first-order chi connectivity index (χ1) is 17.8. The summed E-state index contributed by atoms with van der Waals surface area (Å²) in [4.78, 5) is 48.1. The first kappa shape index (κ1) is 24.5. The van der Waals surface area contributed by atoms with E-state index in [0.717, 1.165) is 27.1 Å². The van der Waals surface area contributed by atoms with E-state index >= 15 is 0 Å². The van der Waals surface area contributed by atoms with E-state index in [2.05, 4.69) is 15.5 Å². The van der Waals surface area contributed by atoms with Crippen molar-refractivity contribution in [2.24, 2.45) is 5.16 Å². The van der Waals surface area contributed by atoms with Gasteiger partial charge in [-0.05, 0) is 6.07 Å². The summed E-state index contributed by atoms with van der Waals surface area (Å²) >= 11 is 2.47. The topological polar surface area (TPSA) is 180 Å². The van der Waals surface area contributed by atoms with Gasteiger partial charge in [-0.1, -0.05) is 17.3 Å². The van der Waals surface area contributed by atoms with E-state index in [-0.39, 0.29) is 28.8 Å². The fourth-order valence-corrected chi connectivity index (χ4v) is 6.23. The monoisotopic (exact) mass is 539 g/mol. The number of carbonyl (C=O) groups excluding carboxylic acids is 3. The molecule has 1 fully saturated rings. The lowest BCUT2D eigenvalue weighted by molar-refractivity contribution is -0.663. The highest BCUT2D eigenvalue weighted by Gasteiger charge is 2.53. The van der Waals surface area contributed by atoms with E-state index in [1.807, 2.05) is 28.8 Å². The van der Waals surface area contributed by atoms with Crippen molar-refractivity contribution in [1.29, 1.82) is 0 Å². The van der Waals surface area contributed by atoms with E-state index in [1.165, 1.54) is 18.9 Å². The van der Waals surface area contributed by atoms with Crippen LogP contribution in [0, 0.1) is 0 Å². The maximum absolute atomic E-state index is 13.1. The van der Waals surface area contributed by atoms with E-state index in [1.54, 1.807) is 17.6 Å². The molecule has 2 amide bonds. The van der Waals surface area contributed by atoms with Crippen LogP contribution in [0.4, 0.5) is 10.8 Å². The molecule has 0 saturated carbocycles. The number of nitrogen functional groups attached to an aromatic ring is 2. The number of amides is 2. The number of hydrogen-bond acceptors (Lipinski definition) is 11. The number of β-lactam (4-membered cyclic amide) rings is 1. The zero-order valence-corrected chi connectivity index (χ0v) is 21.0. The van der Waals surface area contributed by atoms with Crippen molar-refractivity contribution >= 4 is 68.3 Å². The van der Waals surface area contributed by atoms with Gasteiger partial charge in [-0.2, -0.15) is 4.57 Å². The lowest BCUT2D eigenvalue weighted by Crippen LogP contribution is -2.71. The molecule has 2 aromatic heterocycles. The molecule has 2 aliphatic heterocycles. The number of rotatable bonds is 7. The van der Waals surface area contributed by atoms with Crippen molar-refractivity contribution in [3.8, 4) is 0 Å². The highest BCUT2D eigenvalue weighted by molar-refractivity contribution is 8.00. The summed E-state index contributed by atoms with van der Waals surface area (Å²) in [5.74, 6) is -2.40. The van der Waals surface area contributed by atoms with Gasteiger partial charge in [0.2, 0.25) is 5.52 Å². The minimum atomic E-state index is -1.46. The van der Waals surface area contributed by atoms with Crippen molar-refractivity contribution in [1.82, 2.24) is 15.2 Å². The highest BCUT2D eigenvalue weighted by atomic mass is 32.2. The summed E-state index contributed by atoms with van der Waals surface area (Å²) in [5.41, 5.74) is 13.5. The molecular formula is C23H21N7O5S2. The van der Waals surface area contributed by atoms with Gasteiger partial charge in [0.25, 0.3) is 11.8 Å². The molecule has 190 valence electrons. The summed E-state index contributed by atoms with van der Waals surface area (Å²) in [7, 11) is 1.27. The van der Waals surface area contributed by atoms with Crippen LogP contribution in [0.3, 0.4) is 0 Å². The van der Waals surface area contributed by atoms with Gasteiger partial charge in [-0.15, -0.1) is 23.1 Å². The minimum Gasteiger partial charge on any atom is -0.543 e. The Morgan fingerprint density at radius 1 is 1.32 bits per heavy atom. The molecule has 5 N–H and O–H groups in total. The summed E-state index contributed by atoms with van der Waals surface area (Å²) in [6.45, 7) is 0.223. The standard InChI is InChI=1S/C23H21N7O5S2/c1-35-28-16(14-10-37-23(25)26-14)19(31)27-17-20(32)30-18(22(33)34)11(9-36-21(17)30)8-29-7-6-13(24)12-4-2-3-5-15(12)29/h2-7,10,17,21,24H,8-9H2,1H3,(H4,25,26,27,31,33,34)/t17?,21-/m1/s1. The zero-order chi connectivity index (χ0) is 26.3.